The Kier molecular flexibility index (Phi) is 53.3. The highest BCUT2D eigenvalue weighted by Gasteiger charge is 2.22. The second kappa shape index (κ2) is 57.1. The number of likely N-dealkylation sites (N-methyl/N-ethyl adjacent to an activating group) is 1. The molecule has 0 saturated heterocycles. The van der Waals surface area contributed by atoms with Gasteiger partial charge in [0.05, 0.1) is 40.3 Å². The Morgan fingerprint density at radius 2 is 0.701 bits per heavy atom. The number of hydrogen-bond acceptors (Lipinski definition) is 8. The van der Waals surface area contributed by atoms with Crippen molar-refractivity contribution in [3.63, 3.8) is 0 Å². The Labute approximate surface area is 470 Å². The Balaban J connectivity index is 4.36. The number of carboxylic acid groups (broad SMARTS) is 1. The van der Waals surface area contributed by atoms with Crippen molar-refractivity contribution in [3.8, 4) is 0 Å². The summed E-state index contributed by atoms with van der Waals surface area (Å²) in [4.78, 5) is 37.3. The van der Waals surface area contributed by atoms with Crippen LogP contribution in [0.3, 0.4) is 0 Å². The normalized spacial score (nSPS) is 13.9. The molecule has 0 saturated carbocycles. The van der Waals surface area contributed by atoms with Crippen molar-refractivity contribution in [1.82, 2.24) is 0 Å². The third-order valence-electron chi connectivity index (χ3n) is 11.8. The van der Waals surface area contributed by atoms with Crippen LogP contribution in [0.25, 0.3) is 0 Å². The van der Waals surface area contributed by atoms with E-state index in [4.69, 9.17) is 18.9 Å². The first kappa shape index (κ1) is 71.9. The zero-order valence-electron chi connectivity index (χ0n) is 49.0. The van der Waals surface area contributed by atoms with Gasteiger partial charge in [0.2, 0.25) is 0 Å². The van der Waals surface area contributed by atoms with Gasteiger partial charge >= 0.3 is 11.9 Å². The molecule has 9 heteroatoms. The summed E-state index contributed by atoms with van der Waals surface area (Å²) in [5.74, 6) is -2.35. The van der Waals surface area contributed by atoms with E-state index in [1.54, 1.807) is 0 Å². The van der Waals surface area contributed by atoms with E-state index in [2.05, 4.69) is 172 Å². The largest absolute Gasteiger partial charge is 0.545 e. The van der Waals surface area contributed by atoms with Crippen LogP contribution in [0.5, 0.6) is 0 Å². The zero-order valence-corrected chi connectivity index (χ0v) is 49.0. The molecule has 0 amide bonds. The lowest BCUT2D eigenvalue weighted by Crippen LogP contribution is -2.44. The van der Waals surface area contributed by atoms with Crippen LogP contribution in [0.2, 0.25) is 0 Å². The van der Waals surface area contributed by atoms with Crippen LogP contribution in [-0.2, 0) is 33.3 Å². The molecule has 0 aliphatic rings. The predicted octanol–water partition coefficient (Wildman–Crippen LogP) is 16.4. The second-order valence-electron chi connectivity index (χ2n) is 20.2. The number of carbonyl (C=O) groups is 3. The summed E-state index contributed by atoms with van der Waals surface area (Å²) in [5, 5.41) is 11.8. The molecule has 432 valence electrons. The van der Waals surface area contributed by atoms with Gasteiger partial charge in [-0.15, -0.1) is 0 Å². The van der Waals surface area contributed by atoms with E-state index in [1.807, 2.05) is 21.1 Å². The summed E-state index contributed by atoms with van der Waals surface area (Å²) >= 11 is 0. The van der Waals surface area contributed by atoms with E-state index in [-0.39, 0.29) is 38.6 Å². The molecule has 77 heavy (non-hydrogen) atoms. The Hall–Kier alpha value is -5.09. The molecule has 0 radical (unpaired) electrons. The summed E-state index contributed by atoms with van der Waals surface area (Å²) in [5.41, 5.74) is 0. The molecular formula is C68H107NO8. The molecule has 2 atom stereocenters. The number of nitrogens with zero attached hydrogens (tertiary/aromatic N) is 1. The number of allylic oxidation sites excluding steroid dienone is 26. The third-order valence-corrected chi connectivity index (χ3v) is 11.8. The molecule has 0 N–H and O–H groups in total. The number of esters is 2. The fourth-order valence-corrected chi connectivity index (χ4v) is 7.28. The SMILES string of the molecule is CC/C=C\C/C=C\C/C=C\C/C=C\C/C=C\C/C=C\C/C=C\C/C=C\CCCCCCCCC(=O)OC(COC(=O)CCCCCCC/C=C\C/C=C\C/C=C\C/C=C\C/C=C\CC)COC(OCC[N+](C)(C)C)C(=O)[O-]. The van der Waals surface area contributed by atoms with Crippen LogP contribution < -0.4 is 5.11 Å². The Bertz CT molecular complexity index is 1810. The molecule has 0 aromatic rings. The first-order valence-electron chi connectivity index (χ1n) is 29.6. The number of hydrogen-bond donors (Lipinski definition) is 0. The number of quaternary nitrogens is 1. The fraction of sp³-hybridized carbons (Fsp3) is 0.574. The van der Waals surface area contributed by atoms with Crippen molar-refractivity contribution < 1.29 is 42.9 Å². The first-order chi connectivity index (χ1) is 37.6. The zero-order chi connectivity index (χ0) is 56.2. The van der Waals surface area contributed by atoms with Crippen molar-refractivity contribution >= 4 is 17.9 Å². The maximum absolute atomic E-state index is 12.9. The van der Waals surface area contributed by atoms with Crippen molar-refractivity contribution in [2.24, 2.45) is 0 Å². The monoisotopic (exact) mass is 1070 g/mol. The molecule has 0 aromatic carbocycles. The average molecular weight is 1070 g/mol. The number of rotatable bonds is 52. The van der Waals surface area contributed by atoms with Crippen LogP contribution in [0.1, 0.15) is 194 Å². The van der Waals surface area contributed by atoms with E-state index in [1.165, 1.54) is 0 Å². The van der Waals surface area contributed by atoms with Gasteiger partial charge in [-0.2, -0.15) is 0 Å². The molecule has 0 aliphatic heterocycles. The predicted molar refractivity (Wildman–Crippen MR) is 324 cm³/mol. The van der Waals surface area contributed by atoms with Gasteiger partial charge in [0, 0.05) is 12.8 Å². The lowest BCUT2D eigenvalue weighted by molar-refractivity contribution is -0.870. The molecule has 0 fully saturated rings. The van der Waals surface area contributed by atoms with Gasteiger partial charge in [-0.05, 0) is 122 Å². The molecule has 0 aliphatic carbocycles. The summed E-state index contributed by atoms with van der Waals surface area (Å²) in [6.45, 7) is 4.45. The molecule has 0 spiro atoms. The Morgan fingerprint density at radius 3 is 1.04 bits per heavy atom. The third kappa shape index (κ3) is 58.4. The smallest absolute Gasteiger partial charge is 0.306 e. The number of carbonyl (C=O) groups excluding carboxylic acids is 3. The summed E-state index contributed by atoms with van der Waals surface area (Å²) in [7, 11) is 5.89. The van der Waals surface area contributed by atoms with Crippen LogP contribution in [0.15, 0.2) is 158 Å². The van der Waals surface area contributed by atoms with Crippen molar-refractivity contribution in [2.45, 2.75) is 206 Å². The molecular weight excluding hydrogens is 959 g/mol. The van der Waals surface area contributed by atoms with E-state index in [0.29, 0.717) is 23.9 Å². The lowest BCUT2D eigenvalue weighted by atomic mass is 10.1. The van der Waals surface area contributed by atoms with Gasteiger partial charge in [0.1, 0.15) is 13.2 Å². The van der Waals surface area contributed by atoms with Crippen molar-refractivity contribution in [2.75, 3.05) is 47.5 Å². The lowest BCUT2D eigenvalue weighted by Gasteiger charge is -2.26. The van der Waals surface area contributed by atoms with E-state index in [0.717, 1.165) is 154 Å². The highest BCUT2D eigenvalue weighted by atomic mass is 16.7. The standard InChI is InChI=1S/C68H107NO8/c1-6-8-10-12-14-16-18-20-22-24-26-28-29-30-31-32-33-34-35-36-37-39-41-43-45-47-49-51-53-55-57-59-66(71)77-64(63-76-68(67(72)73)74-61-60-69(3,4)5)62-75-65(70)58-56-54-52-50-48-46-44-42-40-38-27-25-23-21-19-17-15-13-11-9-7-2/h8-11,14-17,20-23,26-28,30-31,33-34,36-38,41-44,64,68H,6-7,12-13,18-19,24-25,29,32,35,39-40,45-63H2,1-5H3/b10-8-,11-9-,16-14-,17-15-,22-20-,23-21-,28-26-,31-30-,34-33-,37-36-,38-27-,43-41-,44-42-. The maximum atomic E-state index is 12.9. The number of aliphatic carboxylic acids is 1. The van der Waals surface area contributed by atoms with E-state index < -0.39 is 24.3 Å². The Morgan fingerprint density at radius 1 is 0.390 bits per heavy atom. The summed E-state index contributed by atoms with van der Waals surface area (Å²) < 4.78 is 22.7. The molecule has 2 unspecified atom stereocenters. The molecule has 0 bridgehead atoms. The van der Waals surface area contributed by atoms with Crippen molar-refractivity contribution in [3.05, 3.63) is 158 Å². The maximum Gasteiger partial charge on any atom is 0.306 e. The van der Waals surface area contributed by atoms with E-state index in [9.17, 15) is 19.5 Å². The highest BCUT2D eigenvalue weighted by Crippen LogP contribution is 2.13. The van der Waals surface area contributed by atoms with Gasteiger partial charge in [0.15, 0.2) is 12.4 Å². The highest BCUT2D eigenvalue weighted by molar-refractivity contribution is 5.70. The summed E-state index contributed by atoms with van der Waals surface area (Å²) in [6.07, 6.45) is 81.4. The van der Waals surface area contributed by atoms with Crippen LogP contribution in [0, 0.1) is 0 Å². The molecule has 9 nitrogen and oxygen atoms in total. The van der Waals surface area contributed by atoms with Crippen LogP contribution in [0.4, 0.5) is 0 Å². The summed E-state index contributed by atoms with van der Waals surface area (Å²) in [6, 6.07) is 0. The number of ether oxygens (including phenoxy) is 4. The number of carboxylic acids is 1. The molecule has 0 rings (SSSR count). The molecule has 0 heterocycles. The van der Waals surface area contributed by atoms with Gasteiger partial charge in [-0.25, -0.2) is 0 Å². The van der Waals surface area contributed by atoms with Crippen molar-refractivity contribution in [1.29, 1.82) is 0 Å². The minimum Gasteiger partial charge on any atom is -0.545 e. The van der Waals surface area contributed by atoms with Gasteiger partial charge < -0.3 is 33.3 Å². The van der Waals surface area contributed by atoms with E-state index >= 15 is 0 Å². The second-order valence-corrected chi connectivity index (χ2v) is 20.2. The van der Waals surface area contributed by atoms with Crippen LogP contribution >= 0.6 is 0 Å². The fourth-order valence-electron chi connectivity index (χ4n) is 7.28. The van der Waals surface area contributed by atoms with Gasteiger partial charge in [0.25, 0.3) is 0 Å². The van der Waals surface area contributed by atoms with Gasteiger partial charge in [-0.3, -0.25) is 9.59 Å². The average Bonchev–Trinajstić information content (AvgIpc) is 3.40. The van der Waals surface area contributed by atoms with Gasteiger partial charge in [-0.1, -0.05) is 217 Å². The van der Waals surface area contributed by atoms with Crippen LogP contribution in [-0.4, -0.2) is 82.3 Å². The first-order valence-corrected chi connectivity index (χ1v) is 29.6. The molecule has 0 aromatic heterocycles. The quantitative estimate of drug-likeness (QED) is 0.0195. The minimum atomic E-state index is -1.64. The topological polar surface area (TPSA) is 111 Å². The number of unbranched alkanes of at least 4 members (excludes halogenated alkanes) is 11. The minimum absolute atomic E-state index is 0.131.